The lowest BCUT2D eigenvalue weighted by molar-refractivity contribution is 0.414. The average Bonchev–Trinajstić information content (AvgIpc) is 3.54. The van der Waals surface area contributed by atoms with Gasteiger partial charge in [0.15, 0.2) is 5.11 Å². The Morgan fingerprint density at radius 1 is 1.09 bits per heavy atom. The van der Waals surface area contributed by atoms with Gasteiger partial charge >= 0.3 is 0 Å². The molecule has 4 heterocycles. The lowest BCUT2D eigenvalue weighted by Crippen LogP contribution is -2.30. The third-order valence-corrected chi connectivity index (χ3v) is 6.58. The van der Waals surface area contributed by atoms with Gasteiger partial charge in [-0.15, -0.1) is 0 Å². The summed E-state index contributed by atoms with van der Waals surface area (Å²) in [5, 5.41) is 4.18. The van der Waals surface area contributed by atoms with Crippen LogP contribution < -0.4 is 15.0 Å². The van der Waals surface area contributed by atoms with Gasteiger partial charge in [-0.2, -0.15) is 0 Å². The molecular formula is C26H26N4O2S. The lowest BCUT2D eigenvalue weighted by Gasteiger charge is -2.29. The van der Waals surface area contributed by atoms with E-state index in [4.69, 9.17) is 21.4 Å². The van der Waals surface area contributed by atoms with Crippen LogP contribution in [0.25, 0.3) is 0 Å². The monoisotopic (exact) mass is 458 g/mol. The summed E-state index contributed by atoms with van der Waals surface area (Å²) in [4.78, 5) is 6.82. The summed E-state index contributed by atoms with van der Waals surface area (Å²) in [6.45, 7) is 4.96. The van der Waals surface area contributed by atoms with Crippen LogP contribution in [0, 0.1) is 13.8 Å². The van der Waals surface area contributed by atoms with E-state index in [1.807, 2.05) is 60.8 Å². The van der Waals surface area contributed by atoms with E-state index in [1.165, 1.54) is 11.3 Å². The van der Waals surface area contributed by atoms with Crippen molar-refractivity contribution in [1.29, 1.82) is 0 Å². The molecule has 168 valence electrons. The van der Waals surface area contributed by atoms with Crippen molar-refractivity contribution in [3.63, 3.8) is 0 Å². The molecule has 0 saturated carbocycles. The molecule has 0 unspecified atom stereocenters. The number of hydrogen-bond acceptors (Lipinski definition) is 4. The van der Waals surface area contributed by atoms with E-state index < -0.39 is 0 Å². The van der Waals surface area contributed by atoms with E-state index in [2.05, 4.69) is 39.7 Å². The maximum Gasteiger partial charge on any atom is 0.174 e. The number of pyridine rings is 1. The number of benzene rings is 1. The van der Waals surface area contributed by atoms with Crippen molar-refractivity contribution >= 4 is 23.0 Å². The molecule has 7 heteroatoms. The Bertz CT molecular complexity index is 1270. The highest BCUT2D eigenvalue weighted by Gasteiger charge is 2.43. The largest absolute Gasteiger partial charge is 0.495 e. The topological polar surface area (TPSA) is 55.5 Å². The highest BCUT2D eigenvalue weighted by molar-refractivity contribution is 7.80. The van der Waals surface area contributed by atoms with Crippen LogP contribution in [0.15, 0.2) is 77.5 Å². The first-order valence-corrected chi connectivity index (χ1v) is 11.3. The SMILES string of the molecule is COc1ccccc1N1C(=S)N[C@H](c2ccccn2)[C@@H]1c1cc(C)n(Cc2ccco2)c1C. The molecule has 1 aliphatic rings. The third-order valence-electron chi connectivity index (χ3n) is 6.27. The van der Waals surface area contributed by atoms with E-state index in [-0.39, 0.29) is 12.1 Å². The Morgan fingerprint density at radius 2 is 1.91 bits per heavy atom. The van der Waals surface area contributed by atoms with Crippen molar-refractivity contribution in [1.82, 2.24) is 14.9 Å². The molecule has 0 amide bonds. The van der Waals surface area contributed by atoms with Crippen LogP contribution in [-0.2, 0) is 6.54 Å². The molecular weight excluding hydrogens is 432 g/mol. The van der Waals surface area contributed by atoms with Gasteiger partial charge in [-0.3, -0.25) is 4.98 Å². The molecule has 1 aromatic carbocycles. The van der Waals surface area contributed by atoms with E-state index in [0.717, 1.165) is 28.6 Å². The summed E-state index contributed by atoms with van der Waals surface area (Å²) < 4.78 is 13.6. The Kier molecular flexibility index (Phi) is 5.64. The maximum absolute atomic E-state index is 5.87. The van der Waals surface area contributed by atoms with Gasteiger partial charge in [-0.05, 0) is 74.1 Å². The second kappa shape index (κ2) is 8.75. The number of para-hydroxylation sites is 2. The fraction of sp³-hybridized carbons (Fsp3) is 0.231. The molecule has 6 nitrogen and oxygen atoms in total. The van der Waals surface area contributed by atoms with Crippen molar-refractivity contribution in [3.8, 4) is 5.75 Å². The lowest BCUT2D eigenvalue weighted by atomic mass is 9.96. The Balaban J connectivity index is 1.65. The zero-order chi connectivity index (χ0) is 22.9. The molecule has 0 spiro atoms. The molecule has 0 bridgehead atoms. The summed E-state index contributed by atoms with van der Waals surface area (Å²) in [5.74, 6) is 1.70. The minimum Gasteiger partial charge on any atom is -0.495 e. The van der Waals surface area contributed by atoms with Crippen molar-refractivity contribution in [3.05, 3.63) is 102 Å². The fourth-order valence-corrected chi connectivity index (χ4v) is 5.03. The predicted octanol–water partition coefficient (Wildman–Crippen LogP) is 5.33. The molecule has 3 aromatic heterocycles. The van der Waals surface area contributed by atoms with Gasteiger partial charge in [0.05, 0.1) is 43.4 Å². The van der Waals surface area contributed by atoms with Crippen LogP contribution in [0.4, 0.5) is 5.69 Å². The molecule has 33 heavy (non-hydrogen) atoms. The van der Waals surface area contributed by atoms with Crippen LogP contribution in [0.1, 0.15) is 40.5 Å². The zero-order valence-electron chi connectivity index (χ0n) is 18.9. The van der Waals surface area contributed by atoms with E-state index in [1.54, 1.807) is 13.4 Å². The number of methoxy groups -OCH3 is 1. The number of nitrogens with zero attached hydrogens (tertiary/aromatic N) is 3. The van der Waals surface area contributed by atoms with Crippen molar-refractivity contribution in [2.24, 2.45) is 0 Å². The number of anilines is 1. The second-order valence-corrected chi connectivity index (χ2v) is 8.55. The molecule has 0 aliphatic carbocycles. The zero-order valence-corrected chi connectivity index (χ0v) is 19.7. The van der Waals surface area contributed by atoms with Gasteiger partial charge < -0.3 is 23.9 Å². The number of thiocarbonyl (C=S) groups is 1. The van der Waals surface area contributed by atoms with Gasteiger partial charge in [0, 0.05) is 17.6 Å². The molecule has 1 N–H and O–H groups in total. The summed E-state index contributed by atoms with van der Waals surface area (Å²) in [6, 6.07) is 19.9. The average molecular weight is 459 g/mol. The van der Waals surface area contributed by atoms with Gasteiger partial charge in [0.2, 0.25) is 0 Å². The summed E-state index contributed by atoms with van der Waals surface area (Å²) in [6.07, 6.45) is 3.54. The van der Waals surface area contributed by atoms with Crippen LogP contribution in [0.5, 0.6) is 5.75 Å². The normalized spacial score (nSPS) is 17.9. The predicted molar refractivity (Wildman–Crippen MR) is 133 cm³/mol. The fourth-order valence-electron chi connectivity index (χ4n) is 4.69. The van der Waals surface area contributed by atoms with Gasteiger partial charge in [0.25, 0.3) is 0 Å². The smallest absolute Gasteiger partial charge is 0.174 e. The quantitative estimate of drug-likeness (QED) is 0.394. The number of aromatic nitrogens is 2. The number of aryl methyl sites for hydroxylation is 1. The molecule has 2 atom stereocenters. The Labute approximate surface area is 198 Å². The summed E-state index contributed by atoms with van der Waals surface area (Å²) in [7, 11) is 1.69. The number of furan rings is 1. The van der Waals surface area contributed by atoms with E-state index >= 15 is 0 Å². The number of hydrogen-bond donors (Lipinski definition) is 1. The third kappa shape index (κ3) is 3.78. The molecule has 0 radical (unpaired) electrons. The maximum atomic E-state index is 5.87. The van der Waals surface area contributed by atoms with Crippen molar-refractivity contribution in [2.45, 2.75) is 32.5 Å². The standard InChI is InChI=1S/C26H26N4O2S/c1-17-15-20(18(2)29(17)16-19-9-8-14-32-19)25-24(21-10-6-7-13-27-21)28-26(33)30(25)22-11-4-5-12-23(22)31-3/h4-15,24-25H,16H2,1-3H3,(H,28,33)/t24-,25+/m1/s1. The minimum absolute atomic E-state index is 0.0970. The van der Waals surface area contributed by atoms with Crippen LogP contribution in [0.3, 0.4) is 0 Å². The second-order valence-electron chi connectivity index (χ2n) is 8.16. The van der Waals surface area contributed by atoms with Gasteiger partial charge in [-0.1, -0.05) is 18.2 Å². The number of ether oxygens (including phenoxy) is 1. The molecule has 4 aromatic rings. The van der Waals surface area contributed by atoms with E-state index in [0.29, 0.717) is 11.7 Å². The van der Waals surface area contributed by atoms with Gasteiger partial charge in [-0.25, -0.2) is 0 Å². The van der Waals surface area contributed by atoms with Crippen LogP contribution in [-0.4, -0.2) is 21.8 Å². The van der Waals surface area contributed by atoms with Crippen molar-refractivity contribution in [2.75, 3.05) is 12.0 Å². The molecule has 1 saturated heterocycles. The first-order valence-electron chi connectivity index (χ1n) is 10.9. The first-order chi connectivity index (χ1) is 16.1. The number of nitrogens with one attached hydrogen (secondary N) is 1. The molecule has 1 fully saturated rings. The van der Waals surface area contributed by atoms with Gasteiger partial charge in [0.1, 0.15) is 11.5 Å². The van der Waals surface area contributed by atoms with Crippen LogP contribution in [0.2, 0.25) is 0 Å². The Hall–Kier alpha value is -3.58. The highest BCUT2D eigenvalue weighted by atomic mass is 32.1. The highest BCUT2D eigenvalue weighted by Crippen LogP contribution is 2.45. The first kappa shape index (κ1) is 21.3. The summed E-state index contributed by atoms with van der Waals surface area (Å²) >= 11 is 5.87. The molecule has 1 aliphatic heterocycles. The molecule has 5 rings (SSSR count). The van der Waals surface area contributed by atoms with E-state index in [9.17, 15) is 0 Å². The number of rotatable bonds is 6. The summed E-state index contributed by atoms with van der Waals surface area (Å²) in [5.41, 5.74) is 5.39. The Morgan fingerprint density at radius 3 is 2.64 bits per heavy atom. The van der Waals surface area contributed by atoms with Crippen molar-refractivity contribution < 1.29 is 9.15 Å². The minimum atomic E-state index is -0.110. The van der Waals surface area contributed by atoms with Crippen LogP contribution >= 0.6 is 12.2 Å².